The van der Waals surface area contributed by atoms with E-state index in [1.807, 2.05) is 4.90 Å². The van der Waals surface area contributed by atoms with E-state index in [0.717, 1.165) is 25.8 Å². The van der Waals surface area contributed by atoms with E-state index >= 15 is 0 Å². The fourth-order valence-electron chi connectivity index (χ4n) is 2.19. The predicted molar refractivity (Wildman–Crippen MR) is 64.8 cm³/mol. The van der Waals surface area contributed by atoms with Crippen molar-refractivity contribution in [2.24, 2.45) is 5.92 Å². The van der Waals surface area contributed by atoms with Crippen LogP contribution in [-0.4, -0.2) is 41.1 Å². The highest BCUT2D eigenvalue weighted by atomic mass is 16.4. The SMILES string of the molecule is CC1CCCC(C)N(C(=O)NCCC(=O)O)C1. The van der Waals surface area contributed by atoms with E-state index in [-0.39, 0.29) is 25.0 Å². The molecule has 0 aliphatic carbocycles. The van der Waals surface area contributed by atoms with Crippen LogP contribution in [0.4, 0.5) is 4.79 Å². The van der Waals surface area contributed by atoms with Crippen LogP contribution < -0.4 is 5.32 Å². The molecule has 1 aliphatic rings. The molecule has 0 saturated carbocycles. The van der Waals surface area contributed by atoms with Crippen molar-refractivity contribution in [2.75, 3.05) is 13.1 Å². The zero-order valence-electron chi connectivity index (χ0n) is 10.6. The van der Waals surface area contributed by atoms with E-state index in [0.29, 0.717) is 5.92 Å². The van der Waals surface area contributed by atoms with Crippen LogP contribution >= 0.6 is 0 Å². The molecule has 2 atom stereocenters. The van der Waals surface area contributed by atoms with Gasteiger partial charge in [0, 0.05) is 19.1 Å². The van der Waals surface area contributed by atoms with Crippen LogP contribution in [0.25, 0.3) is 0 Å². The number of aliphatic carboxylic acids is 1. The fraction of sp³-hybridized carbons (Fsp3) is 0.833. The number of likely N-dealkylation sites (tertiary alicyclic amines) is 1. The van der Waals surface area contributed by atoms with Crippen molar-refractivity contribution in [2.45, 2.75) is 45.6 Å². The number of carbonyl (C=O) groups excluding carboxylic acids is 1. The van der Waals surface area contributed by atoms with Crippen LogP contribution in [0.3, 0.4) is 0 Å². The van der Waals surface area contributed by atoms with E-state index in [2.05, 4.69) is 19.2 Å². The molecule has 5 heteroatoms. The average molecular weight is 242 g/mol. The van der Waals surface area contributed by atoms with E-state index in [4.69, 9.17) is 5.11 Å². The topological polar surface area (TPSA) is 69.6 Å². The molecule has 0 aromatic carbocycles. The number of hydrogen-bond donors (Lipinski definition) is 2. The summed E-state index contributed by atoms with van der Waals surface area (Å²) in [5.41, 5.74) is 0. The Labute approximate surface area is 102 Å². The molecule has 1 aliphatic heterocycles. The zero-order chi connectivity index (χ0) is 12.8. The summed E-state index contributed by atoms with van der Waals surface area (Å²) in [5.74, 6) is -0.368. The summed E-state index contributed by atoms with van der Waals surface area (Å²) in [6.07, 6.45) is 3.31. The van der Waals surface area contributed by atoms with Crippen molar-refractivity contribution < 1.29 is 14.7 Å². The van der Waals surface area contributed by atoms with Gasteiger partial charge >= 0.3 is 12.0 Å². The van der Waals surface area contributed by atoms with Gasteiger partial charge < -0.3 is 15.3 Å². The summed E-state index contributed by atoms with van der Waals surface area (Å²) in [7, 11) is 0. The highest BCUT2D eigenvalue weighted by Crippen LogP contribution is 2.20. The quantitative estimate of drug-likeness (QED) is 0.791. The first-order valence-electron chi connectivity index (χ1n) is 6.27. The van der Waals surface area contributed by atoms with Gasteiger partial charge in [0.25, 0.3) is 0 Å². The summed E-state index contributed by atoms with van der Waals surface area (Å²) in [6, 6.07) is 0.109. The second-order valence-corrected chi connectivity index (χ2v) is 4.91. The van der Waals surface area contributed by atoms with Crippen LogP contribution in [0, 0.1) is 5.92 Å². The van der Waals surface area contributed by atoms with Gasteiger partial charge in [0.15, 0.2) is 0 Å². The number of carbonyl (C=O) groups is 2. The molecule has 1 heterocycles. The molecule has 2 amide bonds. The van der Waals surface area contributed by atoms with Gasteiger partial charge in [-0.05, 0) is 25.7 Å². The first kappa shape index (κ1) is 13.8. The first-order chi connectivity index (χ1) is 8.00. The van der Waals surface area contributed by atoms with Crippen molar-refractivity contribution in [3.63, 3.8) is 0 Å². The van der Waals surface area contributed by atoms with Gasteiger partial charge in [-0.1, -0.05) is 13.3 Å². The van der Waals surface area contributed by atoms with Gasteiger partial charge in [-0.25, -0.2) is 4.79 Å². The van der Waals surface area contributed by atoms with Gasteiger partial charge in [-0.2, -0.15) is 0 Å². The number of carboxylic acids is 1. The van der Waals surface area contributed by atoms with Crippen LogP contribution in [0.2, 0.25) is 0 Å². The molecule has 98 valence electrons. The van der Waals surface area contributed by atoms with Crippen LogP contribution in [0.5, 0.6) is 0 Å². The lowest BCUT2D eigenvalue weighted by molar-refractivity contribution is -0.136. The van der Waals surface area contributed by atoms with Crippen LogP contribution in [0.1, 0.15) is 39.5 Å². The molecule has 0 aromatic rings. The Morgan fingerprint density at radius 2 is 2.06 bits per heavy atom. The number of hydrogen-bond acceptors (Lipinski definition) is 2. The third kappa shape index (κ3) is 4.63. The van der Waals surface area contributed by atoms with Gasteiger partial charge in [0.05, 0.1) is 6.42 Å². The molecule has 1 saturated heterocycles. The Morgan fingerprint density at radius 1 is 1.35 bits per heavy atom. The number of nitrogens with zero attached hydrogens (tertiary/aromatic N) is 1. The normalized spacial score (nSPS) is 25.2. The molecule has 0 bridgehead atoms. The molecule has 2 N–H and O–H groups in total. The maximum atomic E-state index is 11.9. The second-order valence-electron chi connectivity index (χ2n) is 4.91. The van der Waals surface area contributed by atoms with Crippen molar-refractivity contribution >= 4 is 12.0 Å². The maximum absolute atomic E-state index is 11.9. The molecule has 5 nitrogen and oxygen atoms in total. The summed E-state index contributed by atoms with van der Waals surface area (Å²) in [4.78, 5) is 24.1. The largest absolute Gasteiger partial charge is 0.481 e. The molecular formula is C12H22N2O3. The van der Waals surface area contributed by atoms with Crippen molar-refractivity contribution in [1.82, 2.24) is 10.2 Å². The minimum atomic E-state index is -0.886. The van der Waals surface area contributed by atoms with Crippen molar-refractivity contribution in [3.05, 3.63) is 0 Å². The van der Waals surface area contributed by atoms with Gasteiger partial charge in [0.2, 0.25) is 0 Å². The summed E-state index contributed by atoms with van der Waals surface area (Å²) in [5, 5.41) is 11.2. The number of nitrogens with one attached hydrogen (secondary N) is 1. The first-order valence-corrected chi connectivity index (χ1v) is 6.27. The summed E-state index contributed by atoms with van der Waals surface area (Å²) in [6.45, 7) is 5.16. The van der Waals surface area contributed by atoms with E-state index in [9.17, 15) is 9.59 Å². The summed E-state index contributed by atoms with van der Waals surface area (Å²) < 4.78 is 0. The van der Waals surface area contributed by atoms with Crippen LogP contribution in [0.15, 0.2) is 0 Å². The maximum Gasteiger partial charge on any atom is 0.317 e. The van der Waals surface area contributed by atoms with Crippen molar-refractivity contribution in [3.8, 4) is 0 Å². The Bertz CT molecular complexity index is 281. The third-order valence-electron chi connectivity index (χ3n) is 3.24. The van der Waals surface area contributed by atoms with Crippen LogP contribution in [-0.2, 0) is 4.79 Å². The van der Waals surface area contributed by atoms with Crippen molar-refractivity contribution in [1.29, 1.82) is 0 Å². The Hall–Kier alpha value is -1.26. The molecule has 1 fully saturated rings. The number of urea groups is 1. The van der Waals surface area contributed by atoms with E-state index in [1.54, 1.807) is 0 Å². The Kier molecular flexibility index (Phi) is 5.25. The van der Waals surface area contributed by atoms with Gasteiger partial charge in [0.1, 0.15) is 0 Å². The zero-order valence-corrected chi connectivity index (χ0v) is 10.6. The van der Waals surface area contributed by atoms with Gasteiger partial charge in [-0.3, -0.25) is 4.79 Å². The highest BCUT2D eigenvalue weighted by Gasteiger charge is 2.24. The number of amides is 2. The smallest absolute Gasteiger partial charge is 0.317 e. The minimum Gasteiger partial charge on any atom is -0.481 e. The predicted octanol–water partition coefficient (Wildman–Crippen LogP) is 1.68. The lowest BCUT2D eigenvalue weighted by Gasteiger charge is -2.28. The second kappa shape index (κ2) is 6.47. The molecule has 17 heavy (non-hydrogen) atoms. The molecule has 0 aromatic heterocycles. The molecule has 2 unspecified atom stereocenters. The monoisotopic (exact) mass is 242 g/mol. The molecular weight excluding hydrogens is 220 g/mol. The average Bonchev–Trinajstić information content (AvgIpc) is 2.40. The summed E-state index contributed by atoms with van der Waals surface area (Å²) >= 11 is 0. The Balaban J connectivity index is 2.44. The molecule has 0 radical (unpaired) electrons. The Morgan fingerprint density at radius 3 is 2.71 bits per heavy atom. The lowest BCUT2D eigenvalue weighted by Crippen LogP contribution is -2.46. The van der Waals surface area contributed by atoms with Gasteiger partial charge in [-0.15, -0.1) is 0 Å². The third-order valence-corrected chi connectivity index (χ3v) is 3.24. The minimum absolute atomic E-state index is 0.0243. The fourth-order valence-corrected chi connectivity index (χ4v) is 2.19. The van der Waals surface area contributed by atoms with E-state index in [1.165, 1.54) is 0 Å². The lowest BCUT2D eigenvalue weighted by atomic mass is 10.1. The highest BCUT2D eigenvalue weighted by molar-refractivity contribution is 5.75. The molecule has 0 spiro atoms. The standard InChI is InChI=1S/C12H22N2O3/c1-9-4-3-5-10(2)14(8-9)12(17)13-7-6-11(15)16/h9-10H,3-8H2,1-2H3,(H,13,17)(H,15,16). The number of rotatable bonds is 3. The molecule has 1 rings (SSSR count). The van der Waals surface area contributed by atoms with E-state index < -0.39 is 5.97 Å². The number of carboxylic acid groups (broad SMARTS) is 1.